The number of carbonyl (C=O) groups excluding carboxylic acids is 1. The molecule has 0 aliphatic carbocycles. The molecular formula is C13H19ClN2O2S. The van der Waals surface area contributed by atoms with Crippen molar-refractivity contribution in [3.8, 4) is 0 Å². The van der Waals surface area contributed by atoms with E-state index in [0.29, 0.717) is 23.9 Å². The number of furan rings is 1. The molecule has 2 N–H and O–H groups in total. The number of hydrogen-bond donors (Lipinski definition) is 2. The van der Waals surface area contributed by atoms with Gasteiger partial charge in [-0.15, -0.1) is 12.4 Å². The average Bonchev–Trinajstić information content (AvgIpc) is 2.96. The minimum absolute atomic E-state index is 0. The maximum Gasteiger partial charge on any atom is 0.287 e. The minimum Gasteiger partial charge on any atom is -0.445 e. The lowest BCUT2D eigenvalue weighted by Gasteiger charge is -2.29. The second kappa shape index (κ2) is 6.20. The number of thioether (sulfide) groups is 1. The second-order valence-electron chi connectivity index (χ2n) is 5.10. The minimum atomic E-state index is -0.0819. The van der Waals surface area contributed by atoms with Crippen LogP contribution in [0, 0.1) is 0 Å². The molecule has 3 rings (SSSR count). The molecule has 2 unspecified atom stereocenters. The molecule has 2 atom stereocenters. The van der Waals surface area contributed by atoms with Crippen LogP contribution in [0.1, 0.15) is 36.2 Å². The van der Waals surface area contributed by atoms with Crippen molar-refractivity contribution in [2.24, 2.45) is 0 Å². The monoisotopic (exact) mass is 302 g/mol. The first-order valence-corrected chi connectivity index (χ1v) is 7.68. The Labute approximate surface area is 123 Å². The van der Waals surface area contributed by atoms with E-state index in [1.54, 1.807) is 6.07 Å². The molecule has 2 aliphatic rings. The standard InChI is InChI=1S/C13H18N2O2S.ClH/c1-18-12-5-4-11(17-12)13(16)15-10-6-8-2-3-9(7-10)14-8;/h4-5,8-10,14H,2-3,6-7H2,1H3,(H,15,16);1H. The summed E-state index contributed by atoms with van der Waals surface area (Å²) in [6, 6.07) is 5.06. The summed E-state index contributed by atoms with van der Waals surface area (Å²) in [4.78, 5) is 12.0. The van der Waals surface area contributed by atoms with Crippen molar-refractivity contribution in [3.63, 3.8) is 0 Å². The third kappa shape index (κ3) is 3.27. The maximum atomic E-state index is 12.0. The van der Waals surface area contributed by atoms with Crippen LogP contribution in [0.5, 0.6) is 0 Å². The van der Waals surface area contributed by atoms with E-state index >= 15 is 0 Å². The Hall–Kier alpha value is -0.650. The molecule has 4 nitrogen and oxygen atoms in total. The molecule has 0 radical (unpaired) electrons. The van der Waals surface area contributed by atoms with Crippen LogP contribution < -0.4 is 10.6 Å². The Kier molecular flexibility index (Phi) is 4.81. The van der Waals surface area contributed by atoms with E-state index in [1.165, 1.54) is 24.6 Å². The van der Waals surface area contributed by atoms with Gasteiger partial charge >= 0.3 is 0 Å². The van der Waals surface area contributed by atoms with Crippen molar-refractivity contribution in [2.75, 3.05) is 6.26 Å². The fraction of sp³-hybridized carbons (Fsp3) is 0.615. The predicted molar refractivity (Wildman–Crippen MR) is 78.2 cm³/mol. The van der Waals surface area contributed by atoms with Gasteiger partial charge in [-0.1, -0.05) is 11.8 Å². The number of nitrogens with one attached hydrogen (secondary N) is 2. The highest BCUT2D eigenvalue weighted by atomic mass is 35.5. The molecule has 2 saturated heterocycles. The van der Waals surface area contributed by atoms with Gasteiger partial charge in [0.2, 0.25) is 0 Å². The molecular weight excluding hydrogens is 284 g/mol. The van der Waals surface area contributed by atoms with Gasteiger partial charge in [0, 0.05) is 18.1 Å². The van der Waals surface area contributed by atoms with Crippen LogP contribution in [-0.4, -0.2) is 30.3 Å². The number of amides is 1. The van der Waals surface area contributed by atoms with Crippen LogP contribution in [-0.2, 0) is 0 Å². The van der Waals surface area contributed by atoms with Gasteiger partial charge in [0.15, 0.2) is 10.9 Å². The summed E-state index contributed by atoms with van der Waals surface area (Å²) in [5.74, 6) is 0.340. The third-order valence-corrected chi connectivity index (χ3v) is 4.44. The molecule has 19 heavy (non-hydrogen) atoms. The van der Waals surface area contributed by atoms with Gasteiger partial charge in [-0.2, -0.15) is 0 Å². The molecule has 2 bridgehead atoms. The Balaban J connectivity index is 0.00000133. The van der Waals surface area contributed by atoms with E-state index in [1.807, 2.05) is 12.3 Å². The zero-order chi connectivity index (χ0) is 12.5. The summed E-state index contributed by atoms with van der Waals surface area (Å²) >= 11 is 1.51. The highest BCUT2D eigenvalue weighted by Gasteiger charge is 2.34. The number of carbonyl (C=O) groups is 1. The fourth-order valence-corrected chi connectivity index (χ4v) is 3.36. The summed E-state index contributed by atoms with van der Waals surface area (Å²) in [7, 11) is 0. The molecule has 6 heteroatoms. The third-order valence-electron chi connectivity index (χ3n) is 3.81. The number of halogens is 1. The van der Waals surface area contributed by atoms with Gasteiger partial charge < -0.3 is 15.1 Å². The smallest absolute Gasteiger partial charge is 0.287 e. The fourth-order valence-electron chi connectivity index (χ4n) is 2.98. The molecule has 1 aromatic rings. The highest BCUT2D eigenvalue weighted by Crippen LogP contribution is 2.27. The quantitative estimate of drug-likeness (QED) is 0.842. The first-order valence-electron chi connectivity index (χ1n) is 6.45. The number of rotatable bonds is 3. The topological polar surface area (TPSA) is 54.3 Å². The van der Waals surface area contributed by atoms with E-state index < -0.39 is 0 Å². The van der Waals surface area contributed by atoms with Gasteiger partial charge in [-0.3, -0.25) is 4.79 Å². The van der Waals surface area contributed by atoms with Crippen LogP contribution in [0.15, 0.2) is 21.6 Å². The molecule has 106 valence electrons. The second-order valence-corrected chi connectivity index (χ2v) is 5.91. The zero-order valence-corrected chi connectivity index (χ0v) is 12.5. The molecule has 3 heterocycles. The van der Waals surface area contributed by atoms with Crippen molar-refractivity contribution in [1.29, 1.82) is 0 Å². The van der Waals surface area contributed by atoms with Crippen LogP contribution >= 0.6 is 24.2 Å². The molecule has 0 aromatic carbocycles. The first kappa shape index (κ1) is 14.8. The van der Waals surface area contributed by atoms with Crippen molar-refractivity contribution < 1.29 is 9.21 Å². The van der Waals surface area contributed by atoms with Crippen LogP contribution in [0.4, 0.5) is 0 Å². The molecule has 0 spiro atoms. The van der Waals surface area contributed by atoms with Crippen molar-refractivity contribution >= 4 is 30.1 Å². The molecule has 2 fully saturated rings. The van der Waals surface area contributed by atoms with Crippen molar-refractivity contribution in [1.82, 2.24) is 10.6 Å². The Morgan fingerprint density at radius 3 is 2.63 bits per heavy atom. The number of fused-ring (bicyclic) bond motifs is 2. The van der Waals surface area contributed by atoms with Crippen LogP contribution in [0.3, 0.4) is 0 Å². The lowest BCUT2D eigenvalue weighted by molar-refractivity contribution is 0.0890. The van der Waals surface area contributed by atoms with E-state index in [0.717, 1.165) is 17.9 Å². The van der Waals surface area contributed by atoms with E-state index in [-0.39, 0.29) is 18.3 Å². The van der Waals surface area contributed by atoms with E-state index in [4.69, 9.17) is 4.42 Å². The number of piperidine rings is 1. The summed E-state index contributed by atoms with van der Waals surface area (Å²) in [5.41, 5.74) is 0. The first-order chi connectivity index (χ1) is 8.74. The average molecular weight is 303 g/mol. The normalized spacial score (nSPS) is 28.8. The Morgan fingerprint density at radius 2 is 2.05 bits per heavy atom. The molecule has 2 aliphatic heterocycles. The van der Waals surface area contributed by atoms with E-state index in [9.17, 15) is 4.79 Å². The summed E-state index contributed by atoms with van der Waals surface area (Å²) in [5, 5.41) is 7.44. The maximum absolute atomic E-state index is 12.0. The molecule has 1 aromatic heterocycles. The van der Waals surface area contributed by atoms with E-state index in [2.05, 4.69) is 10.6 Å². The van der Waals surface area contributed by atoms with Gasteiger partial charge in [-0.25, -0.2) is 0 Å². The summed E-state index contributed by atoms with van der Waals surface area (Å²) in [6.07, 6.45) is 6.50. The van der Waals surface area contributed by atoms with Crippen molar-refractivity contribution in [2.45, 2.75) is 48.9 Å². The lowest BCUT2D eigenvalue weighted by Crippen LogP contribution is -2.47. The lowest BCUT2D eigenvalue weighted by atomic mass is 10.00. The SMILES string of the molecule is CSc1ccc(C(=O)NC2CC3CCC(C2)N3)o1.Cl. The van der Waals surface area contributed by atoms with Gasteiger partial charge in [0.05, 0.1) is 0 Å². The largest absolute Gasteiger partial charge is 0.445 e. The Bertz CT molecular complexity index is 440. The summed E-state index contributed by atoms with van der Waals surface area (Å²) in [6.45, 7) is 0. The molecule has 0 saturated carbocycles. The highest BCUT2D eigenvalue weighted by molar-refractivity contribution is 7.98. The zero-order valence-electron chi connectivity index (χ0n) is 10.8. The molecule has 1 amide bonds. The van der Waals surface area contributed by atoms with Crippen molar-refractivity contribution in [3.05, 3.63) is 17.9 Å². The van der Waals surface area contributed by atoms with Crippen LogP contribution in [0.2, 0.25) is 0 Å². The summed E-state index contributed by atoms with van der Waals surface area (Å²) < 4.78 is 5.44. The predicted octanol–water partition coefficient (Wildman–Crippen LogP) is 2.44. The number of hydrogen-bond acceptors (Lipinski definition) is 4. The van der Waals surface area contributed by atoms with Gasteiger partial charge in [0.1, 0.15) is 0 Å². The van der Waals surface area contributed by atoms with Gasteiger partial charge in [-0.05, 0) is 44.1 Å². The van der Waals surface area contributed by atoms with Crippen LogP contribution in [0.25, 0.3) is 0 Å². The van der Waals surface area contributed by atoms with Gasteiger partial charge in [0.25, 0.3) is 5.91 Å². The Morgan fingerprint density at radius 1 is 1.37 bits per heavy atom.